The molecular weight excluding hydrogens is 318 g/mol. The summed E-state index contributed by atoms with van der Waals surface area (Å²) >= 11 is 0. The Morgan fingerprint density at radius 3 is 2.20 bits per heavy atom. The minimum absolute atomic E-state index is 0.0786. The third-order valence-electron chi connectivity index (χ3n) is 3.84. The summed E-state index contributed by atoms with van der Waals surface area (Å²) in [5.74, 6) is -1.05. The highest BCUT2D eigenvalue weighted by Crippen LogP contribution is 2.20. The average molecular weight is 333 g/mol. The first-order valence-corrected chi connectivity index (χ1v) is 7.65. The SMILES string of the molecule is CC(=O)c1cc(C(=O)c2ccccc2O)cn(-c2ccccc2)c1=O. The number of pyridine rings is 1. The van der Waals surface area contributed by atoms with Crippen molar-refractivity contribution in [1.29, 1.82) is 0 Å². The molecule has 3 rings (SSSR count). The van der Waals surface area contributed by atoms with Gasteiger partial charge in [0.2, 0.25) is 0 Å². The maximum Gasteiger partial charge on any atom is 0.265 e. The number of hydrogen-bond donors (Lipinski definition) is 1. The van der Waals surface area contributed by atoms with Crippen LogP contribution in [0.4, 0.5) is 0 Å². The van der Waals surface area contributed by atoms with Crippen LogP contribution >= 0.6 is 0 Å². The average Bonchev–Trinajstić information content (AvgIpc) is 2.62. The number of nitrogens with zero attached hydrogens (tertiary/aromatic N) is 1. The third-order valence-corrected chi connectivity index (χ3v) is 3.84. The van der Waals surface area contributed by atoms with Crippen LogP contribution in [0.2, 0.25) is 0 Å². The number of rotatable bonds is 4. The van der Waals surface area contributed by atoms with Crippen LogP contribution in [0.25, 0.3) is 5.69 Å². The number of hydrogen-bond acceptors (Lipinski definition) is 4. The first-order valence-electron chi connectivity index (χ1n) is 7.65. The largest absolute Gasteiger partial charge is 0.507 e. The molecule has 0 unspecified atom stereocenters. The quantitative estimate of drug-likeness (QED) is 0.745. The van der Waals surface area contributed by atoms with E-state index >= 15 is 0 Å². The summed E-state index contributed by atoms with van der Waals surface area (Å²) in [4.78, 5) is 37.2. The second-order valence-electron chi connectivity index (χ2n) is 5.56. The number of carbonyl (C=O) groups excluding carboxylic acids is 2. The van der Waals surface area contributed by atoms with Gasteiger partial charge in [-0.15, -0.1) is 0 Å². The van der Waals surface area contributed by atoms with Crippen LogP contribution in [-0.2, 0) is 0 Å². The minimum atomic E-state index is -0.493. The number of ketones is 2. The summed E-state index contributed by atoms with van der Waals surface area (Å²) < 4.78 is 1.27. The maximum absolute atomic E-state index is 12.8. The van der Waals surface area contributed by atoms with Gasteiger partial charge in [0.15, 0.2) is 11.6 Å². The van der Waals surface area contributed by atoms with Crippen molar-refractivity contribution < 1.29 is 14.7 Å². The van der Waals surface area contributed by atoms with Gasteiger partial charge in [-0.2, -0.15) is 0 Å². The summed E-state index contributed by atoms with van der Waals surface area (Å²) in [6.45, 7) is 1.28. The van der Waals surface area contributed by atoms with E-state index in [1.54, 1.807) is 42.5 Å². The lowest BCUT2D eigenvalue weighted by Gasteiger charge is -2.11. The van der Waals surface area contributed by atoms with Crippen molar-refractivity contribution >= 4 is 11.6 Å². The van der Waals surface area contributed by atoms with Crippen molar-refractivity contribution in [1.82, 2.24) is 4.57 Å². The van der Waals surface area contributed by atoms with E-state index in [-0.39, 0.29) is 22.4 Å². The molecule has 0 aliphatic rings. The number of phenolic OH excluding ortho intramolecular Hbond substituents is 1. The second kappa shape index (κ2) is 6.57. The van der Waals surface area contributed by atoms with Gasteiger partial charge in [0, 0.05) is 17.4 Å². The van der Waals surface area contributed by atoms with E-state index < -0.39 is 17.1 Å². The highest BCUT2D eigenvalue weighted by molar-refractivity contribution is 6.11. The number of aromatic hydroxyl groups is 1. The summed E-state index contributed by atoms with van der Waals surface area (Å²) in [5.41, 5.74) is 0.227. The van der Waals surface area contributed by atoms with E-state index in [2.05, 4.69) is 0 Å². The van der Waals surface area contributed by atoms with E-state index in [0.717, 1.165) is 0 Å². The van der Waals surface area contributed by atoms with Gasteiger partial charge in [0.25, 0.3) is 5.56 Å². The zero-order chi connectivity index (χ0) is 18.0. The van der Waals surface area contributed by atoms with Crippen LogP contribution < -0.4 is 5.56 Å². The van der Waals surface area contributed by atoms with Crippen LogP contribution in [0.1, 0.15) is 33.2 Å². The molecule has 3 aromatic rings. The van der Waals surface area contributed by atoms with Crippen LogP contribution in [0, 0.1) is 0 Å². The first kappa shape index (κ1) is 16.4. The topological polar surface area (TPSA) is 76.4 Å². The summed E-state index contributed by atoms with van der Waals surface area (Å²) in [5, 5.41) is 9.91. The van der Waals surface area contributed by atoms with E-state index in [4.69, 9.17) is 0 Å². The fourth-order valence-electron chi connectivity index (χ4n) is 2.56. The molecule has 0 radical (unpaired) electrons. The Morgan fingerprint density at radius 1 is 0.920 bits per heavy atom. The Morgan fingerprint density at radius 2 is 1.56 bits per heavy atom. The summed E-state index contributed by atoms with van der Waals surface area (Å²) in [6.07, 6.45) is 1.39. The van der Waals surface area contributed by atoms with Gasteiger partial charge in [0.05, 0.1) is 11.1 Å². The summed E-state index contributed by atoms with van der Waals surface area (Å²) in [6, 6.07) is 16.1. The standard InChI is InChI=1S/C20H15NO4/c1-13(22)17-11-14(19(24)16-9-5-6-10-18(16)23)12-21(20(17)25)15-7-3-2-4-8-15/h2-12,23H,1H3. The molecule has 0 saturated carbocycles. The van der Waals surface area contributed by atoms with Crippen LogP contribution in [0.5, 0.6) is 5.75 Å². The van der Waals surface area contributed by atoms with E-state index in [0.29, 0.717) is 5.69 Å². The van der Waals surface area contributed by atoms with Gasteiger partial charge in [-0.05, 0) is 37.3 Å². The van der Waals surface area contributed by atoms with Gasteiger partial charge < -0.3 is 5.11 Å². The van der Waals surface area contributed by atoms with Gasteiger partial charge in [-0.3, -0.25) is 19.0 Å². The molecule has 0 atom stereocenters. The molecule has 0 aliphatic carbocycles. The van der Waals surface area contributed by atoms with E-state index in [1.165, 1.54) is 35.9 Å². The molecule has 0 aliphatic heterocycles. The molecule has 1 N–H and O–H groups in total. The van der Waals surface area contributed by atoms with Crippen molar-refractivity contribution in [3.63, 3.8) is 0 Å². The zero-order valence-corrected chi connectivity index (χ0v) is 13.5. The van der Waals surface area contributed by atoms with Gasteiger partial charge in [-0.1, -0.05) is 30.3 Å². The lowest BCUT2D eigenvalue weighted by Crippen LogP contribution is -2.25. The fraction of sp³-hybridized carbons (Fsp3) is 0.0500. The molecule has 0 bridgehead atoms. The van der Waals surface area contributed by atoms with Crippen LogP contribution in [-0.4, -0.2) is 21.2 Å². The Labute approximate surface area is 143 Å². The summed E-state index contributed by atoms with van der Waals surface area (Å²) in [7, 11) is 0. The number of para-hydroxylation sites is 2. The molecule has 0 fully saturated rings. The second-order valence-corrected chi connectivity index (χ2v) is 5.56. The molecule has 124 valence electrons. The molecule has 1 aromatic heterocycles. The molecular formula is C20H15NO4. The number of carbonyl (C=O) groups is 2. The Balaban J connectivity index is 2.23. The predicted molar refractivity (Wildman–Crippen MR) is 93.6 cm³/mol. The highest BCUT2D eigenvalue weighted by atomic mass is 16.3. The highest BCUT2D eigenvalue weighted by Gasteiger charge is 2.18. The van der Waals surface area contributed by atoms with Crippen molar-refractivity contribution in [3.8, 4) is 11.4 Å². The monoisotopic (exact) mass is 333 g/mol. The van der Waals surface area contributed by atoms with Gasteiger partial charge >= 0.3 is 0 Å². The fourth-order valence-corrected chi connectivity index (χ4v) is 2.56. The molecule has 2 aromatic carbocycles. The van der Waals surface area contributed by atoms with Crippen molar-refractivity contribution in [2.45, 2.75) is 6.92 Å². The van der Waals surface area contributed by atoms with E-state index in [1.807, 2.05) is 0 Å². The zero-order valence-electron chi connectivity index (χ0n) is 13.5. The lowest BCUT2D eigenvalue weighted by atomic mass is 10.0. The molecule has 5 nitrogen and oxygen atoms in total. The Hall–Kier alpha value is -3.47. The predicted octanol–water partition coefficient (Wildman–Crippen LogP) is 2.98. The normalized spacial score (nSPS) is 10.4. The van der Waals surface area contributed by atoms with Crippen molar-refractivity contribution in [2.75, 3.05) is 0 Å². The first-order chi connectivity index (χ1) is 12.0. The molecule has 1 heterocycles. The number of Topliss-reactive ketones (excluding diaryl/α,β-unsaturated/α-hetero) is 1. The number of phenols is 1. The smallest absolute Gasteiger partial charge is 0.265 e. The molecule has 5 heteroatoms. The van der Waals surface area contributed by atoms with Gasteiger partial charge in [0.1, 0.15) is 5.75 Å². The number of aromatic nitrogens is 1. The minimum Gasteiger partial charge on any atom is -0.507 e. The molecule has 25 heavy (non-hydrogen) atoms. The molecule has 0 saturated heterocycles. The van der Waals surface area contributed by atoms with Crippen LogP contribution in [0.3, 0.4) is 0 Å². The van der Waals surface area contributed by atoms with Crippen molar-refractivity contribution in [3.05, 3.63) is 93.9 Å². The Bertz CT molecular complexity index is 1020. The lowest BCUT2D eigenvalue weighted by molar-refractivity contribution is 0.101. The molecule has 0 spiro atoms. The van der Waals surface area contributed by atoms with Gasteiger partial charge in [-0.25, -0.2) is 0 Å². The van der Waals surface area contributed by atoms with E-state index in [9.17, 15) is 19.5 Å². The number of benzene rings is 2. The van der Waals surface area contributed by atoms with Crippen molar-refractivity contribution in [2.24, 2.45) is 0 Å². The molecule has 0 amide bonds. The Kier molecular flexibility index (Phi) is 4.31. The maximum atomic E-state index is 12.8. The van der Waals surface area contributed by atoms with Crippen LogP contribution in [0.15, 0.2) is 71.7 Å². The third kappa shape index (κ3) is 3.12.